The van der Waals surface area contributed by atoms with Gasteiger partial charge in [0.25, 0.3) is 0 Å². The summed E-state index contributed by atoms with van der Waals surface area (Å²) >= 11 is 1.34. The monoisotopic (exact) mass is 429 g/mol. The summed E-state index contributed by atoms with van der Waals surface area (Å²) in [5.74, 6) is 1.75. The molecule has 1 fully saturated rings. The molecule has 1 N–H and O–H groups in total. The van der Waals surface area contributed by atoms with Crippen LogP contribution in [0.1, 0.15) is 62.0 Å². The van der Waals surface area contributed by atoms with E-state index in [9.17, 15) is 4.79 Å². The molecule has 30 heavy (non-hydrogen) atoms. The summed E-state index contributed by atoms with van der Waals surface area (Å²) in [5.41, 5.74) is 1.55. The molecular weight excluding hydrogens is 394 g/mol. The van der Waals surface area contributed by atoms with Crippen molar-refractivity contribution in [1.82, 2.24) is 0 Å². The van der Waals surface area contributed by atoms with E-state index < -0.39 is 0 Å². The van der Waals surface area contributed by atoms with Gasteiger partial charge in [0.05, 0.1) is 25.7 Å². The summed E-state index contributed by atoms with van der Waals surface area (Å²) < 4.78 is 10.2. The van der Waals surface area contributed by atoms with Crippen LogP contribution >= 0.6 is 11.3 Å². The van der Waals surface area contributed by atoms with E-state index in [0.717, 1.165) is 29.6 Å². The van der Waals surface area contributed by atoms with Crippen molar-refractivity contribution >= 4 is 23.0 Å². The summed E-state index contributed by atoms with van der Waals surface area (Å²) in [6.45, 7) is 5.34. The highest BCUT2D eigenvalue weighted by Gasteiger charge is 2.15. The maximum Gasteiger partial charge on any atom is 0.350 e. The summed E-state index contributed by atoms with van der Waals surface area (Å²) in [5, 5.41) is 5.06. The number of methoxy groups -OCH3 is 1. The molecule has 0 bridgehead atoms. The third-order valence-electron chi connectivity index (χ3n) is 5.41. The van der Waals surface area contributed by atoms with Crippen molar-refractivity contribution in [2.75, 3.05) is 19.0 Å². The molecule has 1 aromatic heterocycles. The van der Waals surface area contributed by atoms with Gasteiger partial charge in [0, 0.05) is 5.70 Å². The van der Waals surface area contributed by atoms with Crippen molar-refractivity contribution in [1.29, 1.82) is 0 Å². The van der Waals surface area contributed by atoms with Crippen molar-refractivity contribution in [2.45, 2.75) is 52.4 Å². The van der Waals surface area contributed by atoms with Crippen LogP contribution in [0.25, 0.3) is 0 Å². The number of hydrogen-bond acceptors (Lipinski definition) is 5. The van der Waals surface area contributed by atoms with Crippen LogP contribution in [0.4, 0.5) is 5.69 Å². The number of carbonyl (C=O) groups is 1. The van der Waals surface area contributed by atoms with Crippen LogP contribution in [0.5, 0.6) is 0 Å². The van der Waals surface area contributed by atoms with Gasteiger partial charge in [-0.3, -0.25) is 0 Å². The van der Waals surface area contributed by atoms with Gasteiger partial charge in [-0.25, -0.2) is 4.79 Å². The molecule has 0 unspecified atom stereocenters. The zero-order valence-corrected chi connectivity index (χ0v) is 19.3. The third kappa shape index (κ3) is 8.62. The summed E-state index contributed by atoms with van der Waals surface area (Å²) in [6, 6.07) is 1.85. The maximum atomic E-state index is 11.7. The molecular formula is C25H35NO3S. The van der Waals surface area contributed by atoms with E-state index in [4.69, 9.17) is 9.47 Å². The zero-order valence-electron chi connectivity index (χ0n) is 18.4. The second kappa shape index (κ2) is 13.9. The van der Waals surface area contributed by atoms with Crippen LogP contribution in [0, 0.1) is 11.8 Å². The van der Waals surface area contributed by atoms with E-state index in [-0.39, 0.29) is 5.97 Å². The quantitative estimate of drug-likeness (QED) is 0.519. The summed E-state index contributed by atoms with van der Waals surface area (Å²) in [7, 11) is 1.38. The highest BCUT2D eigenvalue weighted by molar-refractivity contribution is 7.12. The van der Waals surface area contributed by atoms with Crippen LogP contribution < -0.4 is 5.32 Å². The molecule has 1 aromatic rings. The molecule has 0 atom stereocenters. The lowest BCUT2D eigenvalue weighted by Gasteiger charge is -2.24. The van der Waals surface area contributed by atoms with Crippen molar-refractivity contribution in [3.63, 3.8) is 0 Å². The van der Waals surface area contributed by atoms with Crippen molar-refractivity contribution in [3.05, 3.63) is 64.7 Å². The lowest BCUT2D eigenvalue weighted by atomic mass is 9.82. The molecule has 0 radical (unpaired) electrons. The van der Waals surface area contributed by atoms with E-state index in [1.54, 1.807) is 6.26 Å². The SMILES string of the molecule is CCC1CCC(C)CC1.COC(=O)c1sccc1NC1=C/C=C/C=C\CCO/C=C\1. The van der Waals surface area contributed by atoms with Crippen LogP contribution in [-0.4, -0.2) is 19.7 Å². The lowest BCUT2D eigenvalue weighted by Crippen LogP contribution is -2.10. The minimum atomic E-state index is -0.344. The Labute approximate surface area is 185 Å². The Bertz CT molecular complexity index is 752. The molecule has 5 heteroatoms. The first kappa shape index (κ1) is 24.0. The number of rotatable bonds is 4. The number of esters is 1. The second-order valence-electron chi connectivity index (χ2n) is 7.71. The summed E-state index contributed by atoms with van der Waals surface area (Å²) in [4.78, 5) is 12.2. The maximum absolute atomic E-state index is 11.7. The van der Waals surface area contributed by atoms with Gasteiger partial charge >= 0.3 is 5.97 Å². The molecule has 1 saturated carbocycles. The topological polar surface area (TPSA) is 47.6 Å². The predicted molar refractivity (Wildman–Crippen MR) is 127 cm³/mol. The Kier molecular flexibility index (Phi) is 11.1. The smallest absolute Gasteiger partial charge is 0.350 e. The van der Waals surface area contributed by atoms with Crippen molar-refractivity contribution < 1.29 is 14.3 Å². The molecule has 2 aliphatic rings. The normalized spacial score (nSPS) is 26.3. The number of hydrogen-bond donors (Lipinski definition) is 1. The first-order valence-electron chi connectivity index (χ1n) is 10.9. The standard InChI is InChI=1S/C16H17NO3S.C9H18/c1-19-16(18)15-14(9-12-21-15)17-13-7-5-3-2-4-6-10-20-11-8-13;1-3-9-6-4-8(2)5-7-9/h2-5,7-9,11-12,17H,6,10H2,1H3;8-9H,3-7H2,1-2H3/b4-2-,5-3+,11-8-,13-7+;. The number of nitrogens with one attached hydrogen (secondary N) is 1. The molecule has 4 nitrogen and oxygen atoms in total. The largest absolute Gasteiger partial charge is 0.501 e. The van der Waals surface area contributed by atoms with Gasteiger partial charge in [-0.05, 0) is 41.9 Å². The van der Waals surface area contributed by atoms with E-state index in [1.807, 2.05) is 47.9 Å². The van der Waals surface area contributed by atoms with E-state index in [1.165, 1.54) is 50.6 Å². The molecule has 2 heterocycles. The Hall–Kier alpha value is -2.27. The van der Waals surface area contributed by atoms with Gasteiger partial charge in [-0.1, -0.05) is 70.3 Å². The molecule has 0 aromatic carbocycles. The minimum Gasteiger partial charge on any atom is -0.501 e. The van der Waals surface area contributed by atoms with Gasteiger partial charge < -0.3 is 14.8 Å². The van der Waals surface area contributed by atoms with Gasteiger partial charge in [-0.15, -0.1) is 11.3 Å². The minimum absolute atomic E-state index is 0.344. The number of anilines is 1. The Morgan fingerprint density at radius 3 is 2.77 bits per heavy atom. The number of carbonyl (C=O) groups excluding carboxylic acids is 1. The van der Waals surface area contributed by atoms with Crippen LogP contribution in [0.15, 0.2) is 59.9 Å². The fourth-order valence-corrected chi connectivity index (χ4v) is 4.18. The highest BCUT2D eigenvalue weighted by Crippen LogP contribution is 2.29. The molecule has 0 spiro atoms. The molecule has 1 aliphatic carbocycles. The van der Waals surface area contributed by atoms with Crippen molar-refractivity contribution in [2.24, 2.45) is 11.8 Å². The predicted octanol–water partition coefficient (Wildman–Crippen LogP) is 7.10. The van der Waals surface area contributed by atoms with E-state index in [2.05, 4.69) is 19.2 Å². The third-order valence-corrected chi connectivity index (χ3v) is 6.30. The average Bonchev–Trinajstić information content (AvgIpc) is 3.20. The second-order valence-corrected chi connectivity index (χ2v) is 8.63. The number of thiophene rings is 1. The van der Waals surface area contributed by atoms with Crippen LogP contribution in [-0.2, 0) is 9.47 Å². The van der Waals surface area contributed by atoms with Crippen LogP contribution in [0.3, 0.4) is 0 Å². The van der Waals surface area contributed by atoms with E-state index in [0.29, 0.717) is 11.5 Å². The first-order chi connectivity index (χ1) is 14.6. The lowest BCUT2D eigenvalue weighted by molar-refractivity contribution is 0.0607. The Morgan fingerprint density at radius 1 is 1.23 bits per heavy atom. The van der Waals surface area contributed by atoms with Gasteiger partial charge in [-0.2, -0.15) is 0 Å². The molecule has 1 aliphatic heterocycles. The van der Waals surface area contributed by atoms with Crippen molar-refractivity contribution in [3.8, 4) is 0 Å². The van der Waals surface area contributed by atoms with Gasteiger partial charge in [0.15, 0.2) is 0 Å². The van der Waals surface area contributed by atoms with Crippen LogP contribution in [0.2, 0.25) is 0 Å². The van der Waals surface area contributed by atoms with Gasteiger partial charge in [0.2, 0.25) is 0 Å². The van der Waals surface area contributed by atoms with E-state index >= 15 is 0 Å². The fraction of sp³-hybridized carbons (Fsp3) is 0.480. The first-order valence-corrected chi connectivity index (χ1v) is 11.8. The average molecular weight is 430 g/mol. The Morgan fingerprint density at radius 2 is 2.03 bits per heavy atom. The number of ether oxygens (including phenoxy) is 2. The molecule has 0 saturated heterocycles. The number of allylic oxidation sites excluding steroid dienone is 5. The highest BCUT2D eigenvalue weighted by atomic mass is 32.1. The fourth-order valence-electron chi connectivity index (χ4n) is 3.41. The molecule has 164 valence electrons. The zero-order chi connectivity index (χ0) is 21.6. The summed E-state index contributed by atoms with van der Waals surface area (Å²) in [6.07, 6.45) is 21.5. The molecule has 3 rings (SSSR count). The van der Waals surface area contributed by atoms with Gasteiger partial charge in [0.1, 0.15) is 4.88 Å². The Balaban J connectivity index is 0.000000297. The molecule has 0 amide bonds.